The van der Waals surface area contributed by atoms with Crippen LogP contribution in [-0.4, -0.2) is 23.2 Å². The van der Waals surface area contributed by atoms with Gasteiger partial charge in [0, 0.05) is 16.6 Å². The summed E-state index contributed by atoms with van der Waals surface area (Å²) < 4.78 is 5.34. The van der Waals surface area contributed by atoms with Gasteiger partial charge in [-0.15, -0.1) is 0 Å². The Morgan fingerprint density at radius 1 is 1.50 bits per heavy atom. The molecule has 0 aliphatic carbocycles. The second-order valence-corrected chi connectivity index (χ2v) is 5.99. The van der Waals surface area contributed by atoms with Gasteiger partial charge in [-0.05, 0) is 25.5 Å². The van der Waals surface area contributed by atoms with E-state index >= 15 is 0 Å². The molecule has 2 atom stereocenters. The highest BCUT2D eigenvalue weighted by Crippen LogP contribution is 2.44. The Bertz CT molecular complexity index is 392. The van der Waals surface area contributed by atoms with Crippen LogP contribution < -0.4 is 4.74 Å². The van der Waals surface area contributed by atoms with Crippen molar-refractivity contribution in [2.75, 3.05) is 12.9 Å². The Hall–Kier alpha value is -0.670. The lowest BCUT2D eigenvalue weighted by Gasteiger charge is -2.25. The second kappa shape index (κ2) is 4.30. The first kappa shape index (κ1) is 11.8. The molecule has 88 valence electrons. The van der Waals surface area contributed by atoms with Crippen LogP contribution in [0.4, 0.5) is 0 Å². The molecule has 1 N–H and O–H groups in total. The molecule has 1 aliphatic heterocycles. The SMILES string of the molecule is COc1ccc(C)cc1C1(O)CSC(C)C1. The molecule has 1 aliphatic rings. The maximum absolute atomic E-state index is 10.7. The molecular weight excluding hydrogens is 220 g/mol. The highest BCUT2D eigenvalue weighted by Gasteiger charge is 2.39. The molecular formula is C13H18O2S. The summed E-state index contributed by atoms with van der Waals surface area (Å²) in [7, 11) is 1.66. The lowest BCUT2D eigenvalue weighted by Crippen LogP contribution is -2.26. The number of benzene rings is 1. The summed E-state index contributed by atoms with van der Waals surface area (Å²) in [4.78, 5) is 0. The summed E-state index contributed by atoms with van der Waals surface area (Å²) >= 11 is 1.82. The van der Waals surface area contributed by atoms with Crippen molar-refractivity contribution in [2.45, 2.75) is 31.1 Å². The van der Waals surface area contributed by atoms with E-state index in [1.54, 1.807) is 7.11 Å². The molecule has 16 heavy (non-hydrogen) atoms. The summed E-state index contributed by atoms with van der Waals surface area (Å²) in [5.74, 6) is 1.55. The van der Waals surface area contributed by atoms with Crippen LogP contribution in [-0.2, 0) is 5.60 Å². The minimum atomic E-state index is -0.721. The fraction of sp³-hybridized carbons (Fsp3) is 0.538. The fourth-order valence-electron chi connectivity index (χ4n) is 2.25. The molecule has 1 heterocycles. The van der Waals surface area contributed by atoms with Crippen molar-refractivity contribution < 1.29 is 9.84 Å². The standard InChI is InChI=1S/C13H18O2S/c1-9-4-5-12(15-3)11(6-9)13(14)7-10(2)16-8-13/h4-6,10,14H,7-8H2,1-3H3. The van der Waals surface area contributed by atoms with Gasteiger partial charge >= 0.3 is 0 Å². The number of aryl methyl sites for hydroxylation is 1. The van der Waals surface area contributed by atoms with Crippen molar-refractivity contribution in [1.82, 2.24) is 0 Å². The number of hydrogen-bond acceptors (Lipinski definition) is 3. The number of hydrogen-bond donors (Lipinski definition) is 1. The van der Waals surface area contributed by atoms with Crippen LogP contribution in [0.3, 0.4) is 0 Å². The molecule has 0 amide bonds. The Morgan fingerprint density at radius 2 is 2.25 bits per heavy atom. The molecule has 0 aromatic heterocycles. The van der Waals surface area contributed by atoms with E-state index in [0.717, 1.165) is 29.1 Å². The second-order valence-electron chi connectivity index (χ2n) is 4.56. The van der Waals surface area contributed by atoms with Gasteiger partial charge < -0.3 is 9.84 Å². The van der Waals surface area contributed by atoms with Crippen LogP contribution in [0.2, 0.25) is 0 Å². The lowest BCUT2D eigenvalue weighted by molar-refractivity contribution is 0.0585. The summed E-state index contributed by atoms with van der Waals surface area (Å²) in [6.45, 7) is 4.20. The summed E-state index contributed by atoms with van der Waals surface area (Å²) in [6.07, 6.45) is 0.803. The fourth-order valence-corrected chi connectivity index (χ4v) is 3.47. The molecule has 2 nitrogen and oxygen atoms in total. The first-order valence-corrected chi connectivity index (χ1v) is 6.59. The van der Waals surface area contributed by atoms with Gasteiger partial charge in [0.05, 0.1) is 7.11 Å². The molecule has 1 saturated heterocycles. The van der Waals surface area contributed by atoms with Crippen molar-refractivity contribution in [2.24, 2.45) is 0 Å². The molecule has 0 radical (unpaired) electrons. The van der Waals surface area contributed by atoms with E-state index in [1.165, 1.54) is 0 Å². The first-order valence-electron chi connectivity index (χ1n) is 5.54. The largest absolute Gasteiger partial charge is 0.496 e. The van der Waals surface area contributed by atoms with Crippen LogP contribution in [0.1, 0.15) is 24.5 Å². The molecule has 0 bridgehead atoms. The van der Waals surface area contributed by atoms with Crippen LogP contribution in [0.15, 0.2) is 18.2 Å². The van der Waals surface area contributed by atoms with Gasteiger partial charge in [-0.3, -0.25) is 0 Å². The molecule has 0 spiro atoms. The normalized spacial score (nSPS) is 29.4. The summed E-state index contributed by atoms with van der Waals surface area (Å²) in [5, 5.41) is 11.2. The minimum absolute atomic E-state index is 0.509. The third-order valence-electron chi connectivity index (χ3n) is 3.09. The van der Waals surface area contributed by atoms with Crippen molar-refractivity contribution in [3.8, 4) is 5.75 Å². The van der Waals surface area contributed by atoms with Crippen molar-refractivity contribution >= 4 is 11.8 Å². The van der Waals surface area contributed by atoms with Gasteiger partial charge in [0.2, 0.25) is 0 Å². The molecule has 1 fully saturated rings. The van der Waals surface area contributed by atoms with Gasteiger partial charge in [0.15, 0.2) is 0 Å². The summed E-state index contributed by atoms with van der Waals surface area (Å²) in [5.41, 5.74) is 1.38. The van der Waals surface area contributed by atoms with Crippen LogP contribution in [0, 0.1) is 6.92 Å². The van der Waals surface area contributed by atoms with Crippen molar-refractivity contribution in [3.05, 3.63) is 29.3 Å². The Morgan fingerprint density at radius 3 is 2.81 bits per heavy atom. The molecule has 1 aromatic rings. The average molecular weight is 238 g/mol. The zero-order chi connectivity index (χ0) is 11.8. The Labute approximate surface area is 101 Å². The topological polar surface area (TPSA) is 29.5 Å². The number of rotatable bonds is 2. The van der Waals surface area contributed by atoms with Gasteiger partial charge in [0.25, 0.3) is 0 Å². The van der Waals surface area contributed by atoms with E-state index in [9.17, 15) is 5.11 Å². The Balaban J connectivity index is 2.42. The number of aliphatic hydroxyl groups is 1. The number of methoxy groups -OCH3 is 1. The lowest BCUT2D eigenvalue weighted by atomic mass is 9.89. The maximum atomic E-state index is 10.7. The first-order chi connectivity index (χ1) is 7.55. The molecule has 2 rings (SSSR count). The average Bonchev–Trinajstić information content (AvgIpc) is 2.60. The molecule has 1 aromatic carbocycles. The van der Waals surface area contributed by atoms with E-state index in [2.05, 4.69) is 6.92 Å². The summed E-state index contributed by atoms with van der Waals surface area (Å²) in [6, 6.07) is 5.99. The quantitative estimate of drug-likeness (QED) is 0.859. The predicted octanol–water partition coefficient (Wildman–Crippen LogP) is 2.72. The van der Waals surface area contributed by atoms with Gasteiger partial charge in [-0.2, -0.15) is 11.8 Å². The molecule has 3 heteroatoms. The highest BCUT2D eigenvalue weighted by molar-refractivity contribution is 8.00. The van der Waals surface area contributed by atoms with Gasteiger partial charge in [-0.25, -0.2) is 0 Å². The van der Waals surface area contributed by atoms with Crippen molar-refractivity contribution in [3.63, 3.8) is 0 Å². The zero-order valence-electron chi connectivity index (χ0n) is 9.99. The van der Waals surface area contributed by atoms with Gasteiger partial charge in [0.1, 0.15) is 11.4 Å². The smallest absolute Gasteiger partial charge is 0.124 e. The monoisotopic (exact) mass is 238 g/mol. The zero-order valence-corrected chi connectivity index (χ0v) is 10.8. The van der Waals surface area contributed by atoms with Crippen LogP contribution in [0.25, 0.3) is 0 Å². The van der Waals surface area contributed by atoms with Crippen LogP contribution >= 0.6 is 11.8 Å². The van der Waals surface area contributed by atoms with E-state index in [-0.39, 0.29) is 0 Å². The third kappa shape index (κ3) is 2.06. The predicted molar refractivity (Wildman–Crippen MR) is 68.2 cm³/mol. The number of thioether (sulfide) groups is 1. The van der Waals surface area contributed by atoms with E-state index < -0.39 is 5.60 Å². The van der Waals surface area contributed by atoms with E-state index in [0.29, 0.717) is 5.25 Å². The van der Waals surface area contributed by atoms with Gasteiger partial charge in [-0.1, -0.05) is 18.6 Å². The van der Waals surface area contributed by atoms with E-state index in [4.69, 9.17) is 4.74 Å². The molecule has 2 unspecified atom stereocenters. The molecule has 0 saturated carbocycles. The minimum Gasteiger partial charge on any atom is -0.496 e. The van der Waals surface area contributed by atoms with Crippen LogP contribution in [0.5, 0.6) is 5.75 Å². The Kier molecular flexibility index (Phi) is 3.17. The maximum Gasteiger partial charge on any atom is 0.124 e. The highest BCUT2D eigenvalue weighted by atomic mass is 32.2. The van der Waals surface area contributed by atoms with E-state index in [1.807, 2.05) is 36.9 Å². The third-order valence-corrected chi connectivity index (χ3v) is 4.47. The van der Waals surface area contributed by atoms with Crippen molar-refractivity contribution in [1.29, 1.82) is 0 Å². The number of ether oxygens (including phenoxy) is 1.